The van der Waals surface area contributed by atoms with Crippen LogP contribution in [0.2, 0.25) is 0 Å². The zero-order chi connectivity index (χ0) is 21.7. The maximum atomic E-state index is 13.1. The van der Waals surface area contributed by atoms with E-state index in [-0.39, 0.29) is 5.56 Å². The van der Waals surface area contributed by atoms with Gasteiger partial charge in [-0.2, -0.15) is 0 Å². The molecule has 0 atom stereocenters. The highest BCUT2D eigenvalue weighted by Gasteiger charge is 2.25. The average molecular weight is 475 g/mol. The Morgan fingerprint density at radius 3 is 2.53 bits per heavy atom. The largest absolute Gasteiger partial charge is 0.496 e. The minimum absolute atomic E-state index is 0.352. The van der Waals surface area contributed by atoms with E-state index in [1.165, 1.54) is 11.6 Å². The second-order valence-corrected chi connectivity index (χ2v) is 8.63. The molecule has 1 aromatic carbocycles. The third-order valence-electron chi connectivity index (χ3n) is 5.31. The van der Waals surface area contributed by atoms with Gasteiger partial charge in [0.25, 0.3) is 5.56 Å². The first kappa shape index (κ1) is 20.4. The van der Waals surface area contributed by atoms with E-state index in [0.29, 0.717) is 46.5 Å². The summed E-state index contributed by atoms with van der Waals surface area (Å²) in [7, 11) is 4.73. The molecule has 0 saturated heterocycles. The number of hydrogen-bond donors (Lipinski definition) is 0. The summed E-state index contributed by atoms with van der Waals surface area (Å²) in [6.45, 7) is 4.84. The van der Waals surface area contributed by atoms with Crippen LogP contribution in [0.1, 0.15) is 20.3 Å². The summed E-state index contributed by atoms with van der Waals surface area (Å²) in [5.74, 6) is 2.07. The second kappa shape index (κ2) is 7.42. The van der Waals surface area contributed by atoms with Gasteiger partial charge in [0.05, 0.1) is 12.7 Å². The number of aromatic nitrogens is 6. The van der Waals surface area contributed by atoms with Crippen molar-refractivity contribution in [3.05, 3.63) is 43.5 Å². The molecule has 0 aliphatic heterocycles. The Kier molecular flexibility index (Phi) is 5.05. The van der Waals surface area contributed by atoms with E-state index < -0.39 is 5.69 Å². The molecule has 0 aliphatic rings. The van der Waals surface area contributed by atoms with Crippen LogP contribution < -0.4 is 16.0 Å². The Balaban J connectivity index is 2.18. The molecule has 4 rings (SSSR count). The molecule has 30 heavy (non-hydrogen) atoms. The van der Waals surface area contributed by atoms with E-state index in [0.717, 1.165) is 15.5 Å². The molecule has 10 heteroatoms. The first-order valence-corrected chi connectivity index (χ1v) is 10.4. The van der Waals surface area contributed by atoms with Crippen LogP contribution >= 0.6 is 15.9 Å². The van der Waals surface area contributed by atoms with Gasteiger partial charge in [0.2, 0.25) is 5.78 Å². The number of hydrogen-bond acceptors (Lipinski definition) is 5. The van der Waals surface area contributed by atoms with E-state index in [2.05, 4.69) is 40.0 Å². The van der Waals surface area contributed by atoms with Gasteiger partial charge < -0.3 is 9.30 Å². The smallest absolute Gasteiger partial charge is 0.332 e. The minimum atomic E-state index is -0.406. The molecule has 0 spiro atoms. The van der Waals surface area contributed by atoms with Gasteiger partial charge in [-0.1, -0.05) is 29.8 Å². The monoisotopic (exact) mass is 474 g/mol. The molecule has 0 fully saturated rings. The van der Waals surface area contributed by atoms with Crippen LogP contribution in [-0.4, -0.2) is 35.4 Å². The molecule has 3 heterocycles. The highest BCUT2D eigenvalue weighted by atomic mass is 79.9. The molecule has 158 valence electrons. The Morgan fingerprint density at radius 2 is 1.87 bits per heavy atom. The van der Waals surface area contributed by atoms with Gasteiger partial charge in [-0.05, 0) is 30.5 Å². The molecule has 0 bridgehead atoms. The van der Waals surface area contributed by atoms with Crippen LogP contribution in [0.3, 0.4) is 0 Å². The summed E-state index contributed by atoms with van der Waals surface area (Å²) in [5, 5.41) is 8.80. The fraction of sp³-hybridized carbons (Fsp3) is 0.400. The number of benzene rings is 1. The fourth-order valence-corrected chi connectivity index (χ4v) is 4.04. The average Bonchev–Trinajstić information content (AvgIpc) is 3.27. The Hall–Kier alpha value is -2.88. The summed E-state index contributed by atoms with van der Waals surface area (Å²) in [6, 6.07) is 5.58. The lowest BCUT2D eigenvalue weighted by molar-refractivity contribution is 0.416. The van der Waals surface area contributed by atoms with Crippen molar-refractivity contribution < 1.29 is 4.74 Å². The summed E-state index contributed by atoms with van der Waals surface area (Å²) in [5.41, 5.74) is 0.838. The Labute approximate surface area is 180 Å². The van der Waals surface area contributed by atoms with Crippen molar-refractivity contribution >= 4 is 32.9 Å². The van der Waals surface area contributed by atoms with Crippen molar-refractivity contribution in [3.8, 4) is 17.1 Å². The maximum Gasteiger partial charge on any atom is 0.332 e. The third-order valence-corrected chi connectivity index (χ3v) is 5.81. The molecule has 0 aliphatic carbocycles. The quantitative estimate of drug-likeness (QED) is 0.443. The van der Waals surface area contributed by atoms with Crippen LogP contribution in [0, 0.1) is 5.92 Å². The van der Waals surface area contributed by atoms with Crippen LogP contribution in [0.5, 0.6) is 5.75 Å². The second-order valence-electron chi connectivity index (χ2n) is 7.72. The summed E-state index contributed by atoms with van der Waals surface area (Å²) in [6.07, 6.45) is 0.855. The highest BCUT2D eigenvalue weighted by Crippen LogP contribution is 2.33. The summed E-state index contributed by atoms with van der Waals surface area (Å²) < 4.78 is 12.6. The van der Waals surface area contributed by atoms with Crippen LogP contribution in [-0.2, 0) is 20.6 Å². The van der Waals surface area contributed by atoms with E-state index in [1.807, 2.05) is 22.8 Å². The van der Waals surface area contributed by atoms with Gasteiger partial charge in [0.15, 0.2) is 17.0 Å². The van der Waals surface area contributed by atoms with Gasteiger partial charge in [-0.3, -0.25) is 13.9 Å². The minimum Gasteiger partial charge on any atom is -0.496 e. The number of fused-ring (bicyclic) bond motifs is 3. The van der Waals surface area contributed by atoms with E-state index in [4.69, 9.17) is 4.74 Å². The van der Waals surface area contributed by atoms with Gasteiger partial charge in [0.1, 0.15) is 5.75 Å². The molecule has 0 radical (unpaired) electrons. The molecule has 4 aromatic rings. The molecular formula is C20H23BrN6O3. The molecular weight excluding hydrogens is 452 g/mol. The van der Waals surface area contributed by atoms with Crippen LogP contribution in [0.25, 0.3) is 28.3 Å². The molecule has 0 unspecified atom stereocenters. The molecule has 0 saturated carbocycles. The number of imidazole rings is 1. The fourth-order valence-electron chi connectivity index (χ4n) is 3.68. The zero-order valence-corrected chi connectivity index (χ0v) is 19.1. The number of halogens is 1. The van der Waals surface area contributed by atoms with Crippen molar-refractivity contribution in [2.75, 3.05) is 7.11 Å². The predicted molar refractivity (Wildman–Crippen MR) is 118 cm³/mol. The summed E-state index contributed by atoms with van der Waals surface area (Å²) >= 11 is 3.49. The third kappa shape index (κ3) is 2.97. The Morgan fingerprint density at radius 1 is 1.13 bits per heavy atom. The predicted octanol–water partition coefficient (Wildman–Crippen LogP) is 2.57. The van der Waals surface area contributed by atoms with E-state index >= 15 is 0 Å². The lowest BCUT2D eigenvalue weighted by Gasteiger charge is -2.09. The number of aryl methyl sites for hydroxylation is 2. The van der Waals surface area contributed by atoms with Gasteiger partial charge in [-0.15, -0.1) is 10.2 Å². The van der Waals surface area contributed by atoms with Crippen molar-refractivity contribution in [2.45, 2.75) is 26.8 Å². The molecule has 3 aromatic heterocycles. The van der Waals surface area contributed by atoms with E-state index in [9.17, 15) is 9.59 Å². The SMILES string of the molecule is COc1ccc(Br)cc1-c1nnc2n(CCC(C)C)c3c(=O)n(C)c(=O)n(C)c3n12. The number of nitrogens with zero attached hydrogens (tertiary/aromatic N) is 6. The van der Waals surface area contributed by atoms with Crippen LogP contribution in [0.4, 0.5) is 0 Å². The molecule has 0 amide bonds. The van der Waals surface area contributed by atoms with Gasteiger partial charge in [-0.25, -0.2) is 9.20 Å². The first-order chi connectivity index (χ1) is 14.3. The van der Waals surface area contributed by atoms with E-state index in [1.54, 1.807) is 18.6 Å². The highest BCUT2D eigenvalue weighted by molar-refractivity contribution is 9.10. The van der Waals surface area contributed by atoms with Gasteiger partial charge >= 0.3 is 5.69 Å². The number of methoxy groups -OCH3 is 1. The number of rotatable bonds is 5. The summed E-state index contributed by atoms with van der Waals surface area (Å²) in [4.78, 5) is 25.8. The van der Waals surface area contributed by atoms with Crippen molar-refractivity contribution in [3.63, 3.8) is 0 Å². The van der Waals surface area contributed by atoms with Gasteiger partial charge in [0, 0.05) is 25.1 Å². The van der Waals surface area contributed by atoms with Crippen molar-refractivity contribution in [1.82, 2.24) is 28.3 Å². The van der Waals surface area contributed by atoms with Crippen molar-refractivity contribution in [2.24, 2.45) is 20.0 Å². The normalized spacial score (nSPS) is 11.8. The standard InChI is InChI=1S/C20H23BrN6O3/c1-11(2)8-9-26-15-17(24(3)20(29)25(4)18(15)28)27-16(22-23-19(26)27)13-10-12(21)6-7-14(13)30-5/h6-7,10-11H,8-9H2,1-5H3. The molecule has 9 nitrogen and oxygen atoms in total. The Bertz CT molecular complexity index is 1390. The zero-order valence-electron chi connectivity index (χ0n) is 17.5. The topological polar surface area (TPSA) is 88.3 Å². The maximum absolute atomic E-state index is 13.1. The number of ether oxygens (including phenoxy) is 1. The lowest BCUT2D eigenvalue weighted by Crippen LogP contribution is -2.37. The first-order valence-electron chi connectivity index (χ1n) is 9.63. The van der Waals surface area contributed by atoms with Crippen molar-refractivity contribution in [1.29, 1.82) is 0 Å². The van der Waals surface area contributed by atoms with Crippen LogP contribution in [0.15, 0.2) is 32.3 Å². The lowest BCUT2D eigenvalue weighted by atomic mass is 10.1. The molecule has 0 N–H and O–H groups in total.